The molecule has 4 nitrogen and oxygen atoms in total. The topological polar surface area (TPSA) is 61.7 Å². The van der Waals surface area contributed by atoms with Crippen molar-refractivity contribution in [3.63, 3.8) is 0 Å². The van der Waals surface area contributed by atoms with Crippen LogP contribution in [0.25, 0.3) is 0 Å². The van der Waals surface area contributed by atoms with Crippen LogP contribution in [0.1, 0.15) is 12.0 Å². The van der Waals surface area contributed by atoms with Gasteiger partial charge in [0.2, 0.25) is 0 Å². The lowest BCUT2D eigenvalue weighted by Gasteiger charge is -2.32. The molecule has 0 aromatic heterocycles. The second-order valence-corrected chi connectivity index (χ2v) is 4.41. The minimum atomic E-state index is -0.737. The molecule has 1 aromatic carbocycles. The second-order valence-electron chi connectivity index (χ2n) is 4.41. The van der Waals surface area contributed by atoms with Crippen LogP contribution in [0.2, 0.25) is 0 Å². The number of rotatable bonds is 4. The van der Waals surface area contributed by atoms with Crippen molar-refractivity contribution in [1.82, 2.24) is 5.32 Å². The zero-order valence-corrected chi connectivity index (χ0v) is 9.75. The minimum absolute atomic E-state index is 0.178. The van der Waals surface area contributed by atoms with Crippen LogP contribution < -0.4 is 5.32 Å². The van der Waals surface area contributed by atoms with Gasteiger partial charge in [0.1, 0.15) is 0 Å². The molecule has 2 rings (SSSR count). The van der Waals surface area contributed by atoms with E-state index in [0.717, 1.165) is 12.1 Å². The highest BCUT2D eigenvalue weighted by Crippen LogP contribution is 2.10. The van der Waals surface area contributed by atoms with Gasteiger partial charge in [0.15, 0.2) is 0 Å². The normalized spacial score (nSPS) is 29.2. The number of aliphatic hydroxyl groups is 2. The van der Waals surface area contributed by atoms with E-state index in [-0.39, 0.29) is 6.04 Å². The molecule has 1 aliphatic rings. The second kappa shape index (κ2) is 6.12. The third-order valence-electron chi connectivity index (χ3n) is 3.06. The van der Waals surface area contributed by atoms with Gasteiger partial charge in [0.05, 0.1) is 31.5 Å². The highest BCUT2D eigenvalue weighted by atomic mass is 16.5. The van der Waals surface area contributed by atoms with E-state index in [4.69, 9.17) is 4.74 Å². The molecule has 1 aliphatic heterocycles. The Balaban J connectivity index is 1.75. The molecule has 0 radical (unpaired) electrons. The Kier molecular flexibility index (Phi) is 4.50. The molecule has 94 valence electrons. The van der Waals surface area contributed by atoms with Crippen molar-refractivity contribution in [2.45, 2.75) is 31.3 Å². The Morgan fingerprint density at radius 3 is 2.76 bits per heavy atom. The Morgan fingerprint density at radius 1 is 1.24 bits per heavy atom. The van der Waals surface area contributed by atoms with Crippen molar-refractivity contribution >= 4 is 0 Å². The van der Waals surface area contributed by atoms with E-state index in [1.54, 1.807) is 0 Å². The average Bonchev–Trinajstić information content (AvgIpc) is 2.36. The standard InChI is InChI=1S/C13H19NO3/c15-12-6-7-14-11(13(12)16)9-17-8-10-4-2-1-3-5-10/h1-5,11-16H,6-9H2/t11-,12+,13+/m1/s1. The van der Waals surface area contributed by atoms with Gasteiger partial charge < -0.3 is 20.3 Å². The maximum atomic E-state index is 9.74. The number of benzene rings is 1. The fourth-order valence-electron chi connectivity index (χ4n) is 2.01. The number of hydrogen-bond donors (Lipinski definition) is 3. The first kappa shape index (κ1) is 12.5. The fourth-order valence-corrected chi connectivity index (χ4v) is 2.01. The average molecular weight is 237 g/mol. The lowest BCUT2D eigenvalue weighted by Crippen LogP contribution is -2.54. The van der Waals surface area contributed by atoms with E-state index in [1.807, 2.05) is 30.3 Å². The van der Waals surface area contributed by atoms with Crippen molar-refractivity contribution in [1.29, 1.82) is 0 Å². The van der Waals surface area contributed by atoms with Crippen LogP contribution in [-0.4, -0.2) is 41.6 Å². The van der Waals surface area contributed by atoms with E-state index in [9.17, 15) is 10.2 Å². The van der Waals surface area contributed by atoms with Crippen molar-refractivity contribution < 1.29 is 14.9 Å². The van der Waals surface area contributed by atoms with Crippen molar-refractivity contribution in [2.24, 2.45) is 0 Å². The van der Waals surface area contributed by atoms with Gasteiger partial charge in [-0.3, -0.25) is 0 Å². The fraction of sp³-hybridized carbons (Fsp3) is 0.538. The Morgan fingerprint density at radius 2 is 2.00 bits per heavy atom. The number of aliphatic hydroxyl groups excluding tert-OH is 2. The summed E-state index contributed by atoms with van der Waals surface area (Å²) < 4.78 is 5.54. The predicted octanol–water partition coefficient (Wildman–Crippen LogP) is 0.287. The highest BCUT2D eigenvalue weighted by Gasteiger charge is 2.29. The highest BCUT2D eigenvalue weighted by molar-refractivity contribution is 5.13. The quantitative estimate of drug-likeness (QED) is 0.704. The number of ether oxygens (including phenoxy) is 1. The van der Waals surface area contributed by atoms with Crippen LogP contribution in [0.3, 0.4) is 0 Å². The Labute approximate surface area is 101 Å². The number of nitrogens with one attached hydrogen (secondary N) is 1. The van der Waals surface area contributed by atoms with Gasteiger partial charge in [0, 0.05) is 0 Å². The molecule has 4 heteroatoms. The van der Waals surface area contributed by atoms with Crippen molar-refractivity contribution in [3.8, 4) is 0 Å². The molecule has 3 N–H and O–H groups in total. The lowest BCUT2D eigenvalue weighted by molar-refractivity contribution is -0.0501. The summed E-state index contributed by atoms with van der Waals surface area (Å²) in [5, 5.41) is 22.4. The summed E-state index contributed by atoms with van der Waals surface area (Å²) in [4.78, 5) is 0. The molecule has 0 bridgehead atoms. The summed E-state index contributed by atoms with van der Waals surface area (Å²) >= 11 is 0. The van der Waals surface area contributed by atoms with Gasteiger partial charge in [-0.2, -0.15) is 0 Å². The third kappa shape index (κ3) is 3.51. The summed E-state index contributed by atoms with van der Waals surface area (Å²) in [5.74, 6) is 0. The minimum Gasteiger partial charge on any atom is -0.390 e. The van der Waals surface area contributed by atoms with Crippen LogP contribution in [0.4, 0.5) is 0 Å². The van der Waals surface area contributed by atoms with Crippen LogP contribution in [0.15, 0.2) is 30.3 Å². The number of piperidine rings is 1. The van der Waals surface area contributed by atoms with Gasteiger partial charge in [-0.25, -0.2) is 0 Å². The molecule has 17 heavy (non-hydrogen) atoms. The van der Waals surface area contributed by atoms with Gasteiger partial charge in [-0.1, -0.05) is 30.3 Å². The van der Waals surface area contributed by atoms with Crippen LogP contribution in [0, 0.1) is 0 Å². The molecular weight excluding hydrogens is 218 g/mol. The van der Waals surface area contributed by atoms with Gasteiger partial charge >= 0.3 is 0 Å². The molecule has 0 aliphatic carbocycles. The van der Waals surface area contributed by atoms with E-state index in [2.05, 4.69) is 5.32 Å². The zero-order chi connectivity index (χ0) is 12.1. The molecule has 0 unspecified atom stereocenters. The van der Waals surface area contributed by atoms with E-state index in [0.29, 0.717) is 19.6 Å². The maximum Gasteiger partial charge on any atom is 0.0974 e. The van der Waals surface area contributed by atoms with Gasteiger partial charge in [-0.05, 0) is 18.5 Å². The maximum absolute atomic E-state index is 9.74. The molecule has 0 amide bonds. The Hall–Kier alpha value is -0.940. The first-order valence-electron chi connectivity index (χ1n) is 5.98. The first-order valence-corrected chi connectivity index (χ1v) is 5.98. The smallest absolute Gasteiger partial charge is 0.0974 e. The monoisotopic (exact) mass is 237 g/mol. The summed E-state index contributed by atoms with van der Waals surface area (Å²) in [5.41, 5.74) is 1.11. The van der Waals surface area contributed by atoms with E-state index in [1.165, 1.54) is 0 Å². The summed E-state index contributed by atoms with van der Waals surface area (Å²) in [7, 11) is 0. The third-order valence-corrected chi connectivity index (χ3v) is 3.06. The predicted molar refractivity (Wildman–Crippen MR) is 64.5 cm³/mol. The summed E-state index contributed by atoms with van der Waals surface area (Å²) in [6, 6.07) is 9.72. The van der Waals surface area contributed by atoms with Crippen LogP contribution in [0.5, 0.6) is 0 Å². The number of hydrogen-bond acceptors (Lipinski definition) is 4. The van der Waals surface area contributed by atoms with Crippen LogP contribution >= 0.6 is 0 Å². The van der Waals surface area contributed by atoms with E-state index < -0.39 is 12.2 Å². The van der Waals surface area contributed by atoms with Gasteiger partial charge in [-0.15, -0.1) is 0 Å². The molecule has 1 fully saturated rings. The summed E-state index contributed by atoms with van der Waals surface area (Å²) in [6.07, 6.45) is -0.780. The van der Waals surface area contributed by atoms with Crippen molar-refractivity contribution in [2.75, 3.05) is 13.2 Å². The van der Waals surface area contributed by atoms with Crippen LogP contribution in [-0.2, 0) is 11.3 Å². The molecule has 1 saturated heterocycles. The molecule has 0 spiro atoms. The molecule has 3 atom stereocenters. The largest absolute Gasteiger partial charge is 0.390 e. The SMILES string of the molecule is O[C@@H]1[C@@H](O)CCN[C@@H]1COCc1ccccc1. The van der Waals surface area contributed by atoms with Gasteiger partial charge in [0.25, 0.3) is 0 Å². The van der Waals surface area contributed by atoms with E-state index >= 15 is 0 Å². The molecule has 1 aromatic rings. The zero-order valence-electron chi connectivity index (χ0n) is 9.75. The molecule has 1 heterocycles. The Bertz CT molecular complexity index is 331. The first-order chi connectivity index (χ1) is 8.27. The molecular formula is C13H19NO3. The summed E-state index contributed by atoms with van der Waals surface area (Å²) in [6.45, 7) is 1.66. The molecule has 0 saturated carbocycles. The lowest BCUT2D eigenvalue weighted by atomic mass is 9.99. The van der Waals surface area contributed by atoms with Crippen molar-refractivity contribution in [3.05, 3.63) is 35.9 Å².